The molecule has 1 heterocycles. The van der Waals surface area contributed by atoms with Crippen molar-refractivity contribution in [1.82, 2.24) is 15.0 Å². The van der Waals surface area contributed by atoms with Crippen molar-refractivity contribution in [1.29, 1.82) is 5.26 Å². The van der Waals surface area contributed by atoms with Crippen molar-refractivity contribution in [2.24, 2.45) is 0 Å². The minimum atomic E-state index is 0.624. The monoisotopic (exact) mass is 612 g/mol. The number of hydrogen-bond acceptors (Lipinski definition) is 4. The van der Waals surface area contributed by atoms with Crippen LogP contribution in [0.1, 0.15) is 5.56 Å². The molecule has 0 saturated carbocycles. The molecular formula is C44H28N4. The summed E-state index contributed by atoms with van der Waals surface area (Å²) in [4.78, 5) is 14.8. The Morgan fingerprint density at radius 2 is 0.646 bits per heavy atom. The summed E-state index contributed by atoms with van der Waals surface area (Å²) >= 11 is 0. The molecule has 1 aromatic heterocycles. The third-order valence-electron chi connectivity index (χ3n) is 8.62. The van der Waals surface area contributed by atoms with Gasteiger partial charge in [0.15, 0.2) is 17.5 Å². The third-order valence-corrected chi connectivity index (χ3v) is 8.62. The topological polar surface area (TPSA) is 62.5 Å². The van der Waals surface area contributed by atoms with Crippen LogP contribution in [0, 0.1) is 11.3 Å². The van der Waals surface area contributed by atoms with Gasteiger partial charge in [0.25, 0.3) is 0 Å². The van der Waals surface area contributed by atoms with Crippen LogP contribution in [0.3, 0.4) is 0 Å². The second kappa shape index (κ2) is 12.6. The van der Waals surface area contributed by atoms with E-state index in [9.17, 15) is 5.26 Å². The summed E-state index contributed by atoms with van der Waals surface area (Å²) in [6, 6.07) is 60.0. The molecule has 0 bridgehead atoms. The van der Waals surface area contributed by atoms with E-state index in [1.807, 2.05) is 72.8 Å². The molecule has 8 rings (SSSR count). The summed E-state index contributed by atoms with van der Waals surface area (Å²) in [5, 5.41) is 11.6. The van der Waals surface area contributed by atoms with Gasteiger partial charge < -0.3 is 0 Å². The molecule has 0 aliphatic rings. The highest BCUT2D eigenvalue weighted by Crippen LogP contribution is 2.36. The SMILES string of the molecule is N#Cc1ccc(-c2ccc(-c3ccc(-c4nc(-c5ccccc5)nc(-c5ccc(-c6ccccc6)cc5)n4)cc3)c3ccccc23)cc1. The Bertz CT molecular complexity index is 2410. The fourth-order valence-electron chi connectivity index (χ4n) is 6.12. The lowest BCUT2D eigenvalue weighted by Crippen LogP contribution is -2.00. The second-order valence-corrected chi connectivity index (χ2v) is 11.6. The van der Waals surface area contributed by atoms with Gasteiger partial charge in [0.05, 0.1) is 11.6 Å². The van der Waals surface area contributed by atoms with Gasteiger partial charge in [-0.1, -0.05) is 158 Å². The Balaban J connectivity index is 1.17. The molecule has 0 amide bonds. The van der Waals surface area contributed by atoms with Crippen molar-refractivity contribution in [3.8, 4) is 73.6 Å². The van der Waals surface area contributed by atoms with E-state index in [2.05, 4.69) is 103 Å². The molecule has 0 aliphatic carbocycles. The summed E-state index contributed by atoms with van der Waals surface area (Å²) in [7, 11) is 0. The summed E-state index contributed by atoms with van der Waals surface area (Å²) in [5.41, 5.74) is 10.2. The first-order valence-corrected chi connectivity index (χ1v) is 15.8. The lowest BCUT2D eigenvalue weighted by Gasteiger charge is -2.13. The number of nitriles is 1. The molecule has 0 atom stereocenters. The van der Waals surface area contributed by atoms with E-state index < -0.39 is 0 Å². The minimum Gasteiger partial charge on any atom is -0.208 e. The van der Waals surface area contributed by atoms with Gasteiger partial charge in [0.1, 0.15) is 0 Å². The number of nitrogens with zero attached hydrogens (tertiary/aromatic N) is 4. The lowest BCUT2D eigenvalue weighted by molar-refractivity contribution is 1.07. The maximum atomic E-state index is 9.24. The first kappa shape index (κ1) is 28.8. The van der Waals surface area contributed by atoms with E-state index in [4.69, 9.17) is 15.0 Å². The smallest absolute Gasteiger partial charge is 0.164 e. The molecule has 7 aromatic carbocycles. The van der Waals surface area contributed by atoms with Gasteiger partial charge in [-0.25, -0.2) is 15.0 Å². The zero-order chi connectivity index (χ0) is 32.3. The van der Waals surface area contributed by atoms with Crippen molar-refractivity contribution in [2.45, 2.75) is 0 Å². The number of rotatable bonds is 6. The van der Waals surface area contributed by atoms with Gasteiger partial charge >= 0.3 is 0 Å². The molecule has 4 nitrogen and oxygen atoms in total. The molecule has 0 fully saturated rings. The van der Waals surface area contributed by atoms with Crippen LogP contribution in [0.5, 0.6) is 0 Å². The van der Waals surface area contributed by atoms with Gasteiger partial charge in [0, 0.05) is 16.7 Å². The molecule has 48 heavy (non-hydrogen) atoms. The van der Waals surface area contributed by atoms with E-state index in [1.54, 1.807) is 0 Å². The van der Waals surface area contributed by atoms with Crippen molar-refractivity contribution < 1.29 is 0 Å². The highest BCUT2D eigenvalue weighted by Gasteiger charge is 2.14. The van der Waals surface area contributed by atoms with Crippen LogP contribution in [-0.4, -0.2) is 15.0 Å². The second-order valence-electron chi connectivity index (χ2n) is 11.6. The van der Waals surface area contributed by atoms with Crippen LogP contribution >= 0.6 is 0 Å². The van der Waals surface area contributed by atoms with Crippen molar-refractivity contribution in [3.05, 3.63) is 175 Å². The first-order valence-electron chi connectivity index (χ1n) is 15.8. The average Bonchev–Trinajstić information content (AvgIpc) is 3.18. The van der Waals surface area contributed by atoms with E-state index in [1.165, 1.54) is 10.9 Å². The Morgan fingerprint density at radius 1 is 0.312 bits per heavy atom. The molecule has 0 N–H and O–H groups in total. The molecule has 224 valence electrons. The standard InChI is InChI=1S/C44H28N4/c45-29-30-15-17-33(18-16-30)38-27-28-39(41-14-8-7-13-40(38)41)34-21-25-37(26-22-34)44-47-42(35-11-5-2-6-12-35)46-43(48-44)36-23-19-32(20-24-36)31-9-3-1-4-10-31/h1-28H. The highest BCUT2D eigenvalue weighted by atomic mass is 15.0. The Morgan fingerprint density at radius 3 is 1.10 bits per heavy atom. The summed E-state index contributed by atoms with van der Waals surface area (Å²) in [6.07, 6.45) is 0. The van der Waals surface area contributed by atoms with Crippen LogP contribution in [0.15, 0.2) is 170 Å². The van der Waals surface area contributed by atoms with Crippen LogP contribution in [0.25, 0.3) is 78.3 Å². The molecule has 4 heteroatoms. The number of hydrogen-bond donors (Lipinski definition) is 0. The minimum absolute atomic E-state index is 0.624. The summed E-state index contributed by atoms with van der Waals surface area (Å²) in [5.74, 6) is 1.89. The van der Waals surface area contributed by atoms with Crippen LogP contribution in [0.4, 0.5) is 0 Å². The zero-order valence-corrected chi connectivity index (χ0v) is 26.0. The maximum absolute atomic E-state index is 9.24. The third kappa shape index (κ3) is 5.62. The number of benzene rings is 7. The van der Waals surface area contributed by atoms with Gasteiger partial charge in [-0.15, -0.1) is 0 Å². The predicted octanol–water partition coefficient (Wildman–Crippen LogP) is 10.9. The van der Waals surface area contributed by atoms with Crippen molar-refractivity contribution >= 4 is 10.8 Å². The van der Waals surface area contributed by atoms with Gasteiger partial charge in [-0.3, -0.25) is 0 Å². The lowest BCUT2D eigenvalue weighted by atomic mass is 9.91. The number of fused-ring (bicyclic) bond motifs is 1. The molecular weight excluding hydrogens is 585 g/mol. The highest BCUT2D eigenvalue weighted by molar-refractivity contribution is 6.05. The van der Waals surface area contributed by atoms with Crippen molar-refractivity contribution in [3.63, 3.8) is 0 Å². The van der Waals surface area contributed by atoms with Gasteiger partial charge in [-0.2, -0.15) is 5.26 Å². The van der Waals surface area contributed by atoms with E-state index in [-0.39, 0.29) is 0 Å². The fraction of sp³-hybridized carbons (Fsp3) is 0. The quantitative estimate of drug-likeness (QED) is 0.187. The van der Waals surface area contributed by atoms with E-state index in [0.717, 1.165) is 49.9 Å². The molecule has 8 aromatic rings. The molecule has 0 spiro atoms. The molecule has 0 saturated heterocycles. The Labute approximate surface area is 279 Å². The maximum Gasteiger partial charge on any atom is 0.164 e. The zero-order valence-electron chi connectivity index (χ0n) is 26.0. The fourth-order valence-corrected chi connectivity index (χ4v) is 6.12. The van der Waals surface area contributed by atoms with Crippen LogP contribution < -0.4 is 0 Å². The molecule has 0 radical (unpaired) electrons. The average molecular weight is 613 g/mol. The van der Waals surface area contributed by atoms with Crippen LogP contribution in [0.2, 0.25) is 0 Å². The summed E-state index contributed by atoms with van der Waals surface area (Å²) < 4.78 is 0. The largest absolute Gasteiger partial charge is 0.208 e. The molecule has 0 aliphatic heterocycles. The van der Waals surface area contributed by atoms with Gasteiger partial charge in [0.2, 0.25) is 0 Å². The molecule has 0 unspecified atom stereocenters. The Hall–Kier alpha value is -6.70. The van der Waals surface area contributed by atoms with E-state index >= 15 is 0 Å². The van der Waals surface area contributed by atoms with Gasteiger partial charge in [-0.05, 0) is 56.3 Å². The Kier molecular flexibility index (Phi) is 7.54. The van der Waals surface area contributed by atoms with E-state index in [0.29, 0.717) is 23.0 Å². The number of aromatic nitrogens is 3. The predicted molar refractivity (Wildman–Crippen MR) is 195 cm³/mol. The van der Waals surface area contributed by atoms with Crippen molar-refractivity contribution in [2.75, 3.05) is 0 Å². The van der Waals surface area contributed by atoms with Crippen LogP contribution in [-0.2, 0) is 0 Å². The normalized spacial score (nSPS) is 10.9. The first-order chi connectivity index (χ1) is 23.7. The summed E-state index contributed by atoms with van der Waals surface area (Å²) in [6.45, 7) is 0.